The van der Waals surface area contributed by atoms with Crippen LogP contribution in [0.25, 0.3) is 0 Å². The Bertz CT molecular complexity index is 543. The predicted molar refractivity (Wildman–Crippen MR) is 99.3 cm³/mol. The number of aryl methyl sites for hydroxylation is 2. The third-order valence-electron chi connectivity index (χ3n) is 4.17. The molecule has 0 radical (unpaired) electrons. The molecule has 0 atom stereocenters. The highest BCUT2D eigenvalue weighted by molar-refractivity contribution is 7.46. The van der Waals surface area contributed by atoms with E-state index in [0.29, 0.717) is 6.42 Å². The van der Waals surface area contributed by atoms with Crippen molar-refractivity contribution in [2.45, 2.75) is 78.1 Å². The molecule has 0 fully saturated rings. The van der Waals surface area contributed by atoms with Crippen LogP contribution in [0.2, 0.25) is 0 Å². The maximum Gasteiger partial charge on any atom is 0.469 e. The molecule has 0 saturated carbocycles. The minimum absolute atomic E-state index is 0.141. The Hall–Kier alpha value is -0.670. The monoisotopic (exact) mass is 356 g/mol. The van der Waals surface area contributed by atoms with Crippen LogP contribution in [0, 0.1) is 6.92 Å². The second kappa shape index (κ2) is 9.72. The number of hydrogen-bond donors (Lipinski definition) is 2. The van der Waals surface area contributed by atoms with Crippen LogP contribution < -0.4 is 0 Å². The lowest BCUT2D eigenvalue weighted by molar-refractivity contribution is 0.193. The second-order valence-electron chi connectivity index (χ2n) is 7.61. The third kappa shape index (κ3) is 8.98. The molecule has 138 valence electrons. The van der Waals surface area contributed by atoms with Gasteiger partial charge < -0.3 is 9.79 Å². The lowest BCUT2D eigenvalue weighted by atomic mass is 9.81. The number of unbranched alkanes of at least 4 members (excludes halogenated alkanes) is 5. The van der Waals surface area contributed by atoms with Gasteiger partial charge in [-0.15, -0.1) is 0 Å². The van der Waals surface area contributed by atoms with Gasteiger partial charge in [-0.05, 0) is 42.7 Å². The highest BCUT2D eigenvalue weighted by Crippen LogP contribution is 2.35. The van der Waals surface area contributed by atoms with Crippen LogP contribution in [0.4, 0.5) is 0 Å². The van der Waals surface area contributed by atoms with Gasteiger partial charge in [-0.1, -0.05) is 70.2 Å². The SMILES string of the molecule is Cc1ccc(CCCCCCCCOP(=O)(O)O)c(C(C)(C)C)c1. The standard InChI is InChI=1S/C19H33O4P/c1-16-12-13-17(18(15-16)19(2,3)4)11-9-7-5-6-8-10-14-23-24(20,21)22/h12-13,15H,5-11,14H2,1-4H3,(H2,20,21,22). The van der Waals surface area contributed by atoms with Crippen molar-refractivity contribution in [3.63, 3.8) is 0 Å². The molecule has 0 aliphatic rings. The molecule has 1 aromatic rings. The molecule has 0 aromatic heterocycles. The molecular weight excluding hydrogens is 323 g/mol. The molecule has 0 heterocycles. The summed E-state index contributed by atoms with van der Waals surface area (Å²) in [5, 5.41) is 0. The zero-order valence-electron chi connectivity index (χ0n) is 15.5. The molecule has 0 amide bonds. The van der Waals surface area contributed by atoms with Crippen molar-refractivity contribution in [1.82, 2.24) is 0 Å². The van der Waals surface area contributed by atoms with Crippen LogP contribution in [0.15, 0.2) is 18.2 Å². The summed E-state index contributed by atoms with van der Waals surface area (Å²) in [6, 6.07) is 6.79. The first-order valence-electron chi connectivity index (χ1n) is 8.90. The zero-order chi connectivity index (χ0) is 18.2. The normalized spacial score (nSPS) is 12.6. The van der Waals surface area contributed by atoms with E-state index >= 15 is 0 Å². The molecule has 0 spiro atoms. The van der Waals surface area contributed by atoms with Crippen molar-refractivity contribution in [2.75, 3.05) is 6.61 Å². The van der Waals surface area contributed by atoms with Gasteiger partial charge in [0.05, 0.1) is 6.61 Å². The summed E-state index contributed by atoms with van der Waals surface area (Å²) in [5.41, 5.74) is 4.42. The fraction of sp³-hybridized carbons (Fsp3) is 0.684. The maximum absolute atomic E-state index is 10.5. The van der Waals surface area contributed by atoms with Gasteiger partial charge in [-0.3, -0.25) is 4.52 Å². The molecule has 0 aliphatic heterocycles. The van der Waals surface area contributed by atoms with Crippen LogP contribution >= 0.6 is 7.82 Å². The summed E-state index contributed by atoms with van der Waals surface area (Å²) >= 11 is 0. The van der Waals surface area contributed by atoms with Gasteiger partial charge in [0.2, 0.25) is 0 Å². The first-order chi connectivity index (χ1) is 11.1. The predicted octanol–water partition coefficient (Wildman–Crippen LogP) is 5.28. The van der Waals surface area contributed by atoms with Gasteiger partial charge in [0.1, 0.15) is 0 Å². The van der Waals surface area contributed by atoms with Gasteiger partial charge in [-0.25, -0.2) is 4.57 Å². The molecule has 2 N–H and O–H groups in total. The summed E-state index contributed by atoms with van der Waals surface area (Å²) in [6.45, 7) is 9.10. The van der Waals surface area contributed by atoms with Crippen LogP contribution in [0.3, 0.4) is 0 Å². The summed E-state index contributed by atoms with van der Waals surface area (Å²) in [7, 11) is -4.29. The van der Waals surface area contributed by atoms with Crippen LogP contribution in [-0.2, 0) is 20.9 Å². The summed E-state index contributed by atoms with van der Waals surface area (Å²) < 4.78 is 15.0. The first-order valence-corrected chi connectivity index (χ1v) is 10.4. The number of phosphoric ester groups is 1. The van der Waals surface area contributed by atoms with E-state index in [1.165, 1.54) is 29.5 Å². The number of hydrogen-bond acceptors (Lipinski definition) is 2. The molecular formula is C19H33O4P. The van der Waals surface area contributed by atoms with Gasteiger partial charge in [0, 0.05) is 0 Å². The highest BCUT2D eigenvalue weighted by Gasteiger charge is 2.17. The number of benzene rings is 1. The fourth-order valence-corrected chi connectivity index (χ4v) is 3.28. The molecule has 0 aliphatic carbocycles. The minimum Gasteiger partial charge on any atom is -0.303 e. The maximum atomic E-state index is 10.5. The Labute approximate surface area is 146 Å². The van der Waals surface area contributed by atoms with Crippen LogP contribution in [0.1, 0.15) is 76.0 Å². The smallest absolute Gasteiger partial charge is 0.303 e. The average molecular weight is 356 g/mol. The zero-order valence-corrected chi connectivity index (χ0v) is 16.4. The molecule has 0 saturated heterocycles. The van der Waals surface area contributed by atoms with Crippen molar-refractivity contribution in [1.29, 1.82) is 0 Å². The van der Waals surface area contributed by atoms with E-state index in [-0.39, 0.29) is 12.0 Å². The molecule has 1 rings (SSSR count). The minimum atomic E-state index is -4.29. The Kier molecular flexibility index (Phi) is 8.66. The van der Waals surface area contributed by atoms with Crippen molar-refractivity contribution in [3.8, 4) is 0 Å². The van der Waals surface area contributed by atoms with Crippen LogP contribution in [-0.4, -0.2) is 16.4 Å². The van der Waals surface area contributed by atoms with E-state index < -0.39 is 7.82 Å². The van der Waals surface area contributed by atoms with Crippen molar-refractivity contribution >= 4 is 7.82 Å². The lowest BCUT2D eigenvalue weighted by Gasteiger charge is -2.23. The molecule has 0 unspecified atom stereocenters. The van der Waals surface area contributed by atoms with E-state index in [2.05, 4.69) is 50.4 Å². The summed E-state index contributed by atoms with van der Waals surface area (Å²) in [6.07, 6.45) is 7.41. The van der Waals surface area contributed by atoms with E-state index in [0.717, 1.165) is 25.7 Å². The average Bonchev–Trinajstić information content (AvgIpc) is 2.44. The molecule has 5 heteroatoms. The van der Waals surface area contributed by atoms with E-state index in [9.17, 15) is 4.57 Å². The van der Waals surface area contributed by atoms with Gasteiger partial charge in [0.15, 0.2) is 0 Å². The Morgan fingerprint density at radius 1 is 1.00 bits per heavy atom. The molecule has 4 nitrogen and oxygen atoms in total. The third-order valence-corrected chi connectivity index (χ3v) is 4.69. The highest BCUT2D eigenvalue weighted by atomic mass is 31.2. The Morgan fingerprint density at radius 3 is 2.17 bits per heavy atom. The summed E-state index contributed by atoms with van der Waals surface area (Å²) in [5.74, 6) is 0. The lowest BCUT2D eigenvalue weighted by Crippen LogP contribution is -2.14. The van der Waals surface area contributed by atoms with Gasteiger partial charge in [0.25, 0.3) is 0 Å². The van der Waals surface area contributed by atoms with Crippen LogP contribution in [0.5, 0.6) is 0 Å². The number of phosphoric acid groups is 1. The topological polar surface area (TPSA) is 66.8 Å². The molecule has 1 aromatic carbocycles. The summed E-state index contributed by atoms with van der Waals surface area (Å²) in [4.78, 5) is 17.2. The van der Waals surface area contributed by atoms with E-state index in [1.807, 2.05) is 0 Å². The van der Waals surface area contributed by atoms with Crippen molar-refractivity contribution in [3.05, 3.63) is 34.9 Å². The largest absolute Gasteiger partial charge is 0.469 e. The fourth-order valence-electron chi connectivity index (χ4n) is 2.91. The van der Waals surface area contributed by atoms with Gasteiger partial charge in [-0.2, -0.15) is 0 Å². The van der Waals surface area contributed by atoms with E-state index in [4.69, 9.17) is 9.79 Å². The Morgan fingerprint density at radius 2 is 1.58 bits per heavy atom. The van der Waals surface area contributed by atoms with Gasteiger partial charge >= 0.3 is 7.82 Å². The van der Waals surface area contributed by atoms with Crippen molar-refractivity contribution in [2.24, 2.45) is 0 Å². The number of rotatable bonds is 10. The first kappa shape index (κ1) is 21.4. The van der Waals surface area contributed by atoms with Crippen molar-refractivity contribution < 1.29 is 18.9 Å². The van der Waals surface area contributed by atoms with E-state index in [1.54, 1.807) is 0 Å². The quantitative estimate of drug-likeness (QED) is 0.442. The second-order valence-corrected chi connectivity index (χ2v) is 8.85. The Balaban J connectivity index is 2.23. The molecule has 0 bridgehead atoms. The molecule has 24 heavy (non-hydrogen) atoms.